The summed E-state index contributed by atoms with van der Waals surface area (Å²) in [7, 11) is -2.32. The molecule has 0 heterocycles. The number of carboxylic acid groups (broad SMARTS) is 1. The largest absolute Gasteiger partial charge is 0.481 e. The SMILES string of the molecule is C=C/C(=C\CCC)C(CC(=O)O)N(O)C(=O)CNCP(C)(C)=O.CCC. The highest BCUT2D eigenvalue weighted by molar-refractivity contribution is 7.62. The smallest absolute Gasteiger partial charge is 0.305 e. The molecule has 1 atom stereocenters. The summed E-state index contributed by atoms with van der Waals surface area (Å²) in [5, 5.41) is 22.2. The molecule has 0 radical (unpaired) electrons. The van der Waals surface area contributed by atoms with Gasteiger partial charge in [0, 0.05) is 6.29 Å². The molecule has 0 aliphatic rings. The van der Waals surface area contributed by atoms with E-state index in [-0.39, 0.29) is 12.8 Å². The Morgan fingerprint density at radius 3 is 2.19 bits per heavy atom. The van der Waals surface area contributed by atoms with E-state index in [4.69, 9.17) is 5.11 Å². The summed E-state index contributed by atoms with van der Waals surface area (Å²) in [6.07, 6.45) is 5.73. The number of allylic oxidation sites excluding steroid dienone is 1. The van der Waals surface area contributed by atoms with Crippen molar-refractivity contribution in [2.45, 2.75) is 52.5 Å². The Labute approximate surface area is 157 Å². The van der Waals surface area contributed by atoms with Gasteiger partial charge in [0.25, 0.3) is 5.91 Å². The Morgan fingerprint density at radius 1 is 1.27 bits per heavy atom. The molecule has 0 aliphatic carbocycles. The van der Waals surface area contributed by atoms with Crippen molar-refractivity contribution >= 4 is 19.0 Å². The van der Waals surface area contributed by atoms with Crippen LogP contribution in [0.25, 0.3) is 0 Å². The summed E-state index contributed by atoms with van der Waals surface area (Å²) in [4.78, 5) is 23.0. The minimum absolute atomic E-state index is 0.163. The number of carboxylic acids is 1. The highest BCUT2D eigenvalue weighted by Crippen LogP contribution is 2.33. The molecule has 0 aliphatic heterocycles. The van der Waals surface area contributed by atoms with Gasteiger partial charge in [0.1, 0.15) is 0 Å². The first-order chi connectivity index (χ1) is 12.0. The van der Waals surface area contributed by atoms with Crippen molar-refractivity contribution in [1.82, 2.24) is 10.4 Å². The van der Waals surface area contributed by atoms with Crippen molar-refractivity contribution in [3.05, 3.63) is 24.3 Å². The first-order valence-corrected chi connectivity index (χ1v) is 11.6. The lowest BCUT2D eigenvalue weighted by Crippen LogP contribution is -2.44. The molecule has 8 heteroatoms. The maximum absolute atomic E-state index is 12.0. The summed E-state index contributed by atoms with van der Waals surface area (Å²) in [5.74, 6) is -1.82. The number of hydrogen-bond acceptors (Lipinski definition) is 5. The van der Waals surface area contributed by atoms with Crippen LogP contribution in [-0.2, 0) is 14.2 Å². The molecule has 152 valence electrons. The highest BCUT2D eigenvalue weighted by Gasteiger charge is 2.26. The van der Waals surface area contributed by atoms with Gasteiger partial charge >= 0.3 is 5.97 Å². The number of carbonyl (C=O) groups is 2. The standard InChI is InChI=1S/C15H27N2O5P.C3H8/c1-5-7-8-12(6-2)13(9-15(19)20)17(21)14(18)10-16-11-23(3,4)22;1-3-2/h6,8,13,16,21H,2,5,7,9-11H2,1,3-4H3,(H,19,20);3H2,1-2H3/b12-8+;. The zero-order valence-electron chi connectivity index (χ0n) is 16.7. The van der Waals surface area contributed by atoms with Gasteiger partial charge in [-0.05, 0) is 25.3 Å². The van der Waals surface area contributed by atoms with E-state index in [1.165, 1.54) is 12.5 Å². The van der Waals surface area contributed by atoms with Crippen molar-refractivity contribution in [2.24, 2.45) is 0 Å². The summed E-state index contributed by atoms with van der Waals surface area (Å²) in [6.45, 7) is 12.8. The van der Waals surface area contributed by atoms with Crippen LogP contribution in [0.15, 0.2) is 24.3 Å². The Kier molecular flexibility index (Phi) is 15.2. The van der Waals surface area contributed by atoms with E-state index in [2.05, 4.69) is 25.7 Å². The van der Waals surface area contributed by atoms with Crippen molar-refractivity contribution in [3.8, 4) is 0 Å². The first-order valence-electron chi connectivity index (χ1n) is 8.83. The minimum atomic E-state index is -2.32. The van der Waals surface area contributed by atoms with Gasteiger partial charge in [-0.25, -0.2) is 5.06 Å². The fourth-order valence-corrected chi connectivity index (χ4v) is 2.51. The van der Waals surface area contributed by atoms with Gasteiger partial charge in [0.2, 0.25) is 0 Å². The number of hydroxylamine groups is 2. The predicted molar refractivity (Wildman–Crippen MR) is 106 cm³/mol. The van der Waals surface area contributed by atoms with Gasteiger partial charge in [0.15, 0.2) is 0 Å². The van der Waals surface area contributed by atoms with E-state index in [1.807, 2.05) is 6.92 Å². The normalized spacial score (nSPS) is 12.6. The Morgan fingerprint density at radius 2 is 1.81 bits per heavy atom. The van der Waals surface area contributed by atoms with Crippen molar-refractivity contribution in [1.29, 1.82) is 0 Å². The fraction of sp³-hybridized carbons (Fsp3) is 0.667. The molecule has 0 aromatic rings. The monoisotopic (exact) mass is 390 g/mol. The molecule has 0 saturated carbocycles. The Bertz CT molecular complexity index is 514. The Balaban J connectivity index is 0. The average molecular weight is 390 g/mol. The quantitative estimate of drug-likeness (QED) is 0.216. The maximum atomic E-state index is 12.0. The summed E-state index contributed by atoms with van der Waals surface area (Å²) in [6, 6.07) is -0.999. The third kappa shape index (κ3) is 13.8. The molecule has 0 aromatic carbocycles. The zero-order valence-corrected chi connectivity index (χ0v) is 17.6. The molecule has 0 fully saturated rings. The molecular formula is C18H35N2O5P. The van der Waals surface area contributed by atoms with Crippen molar-refractivity contribution in [2.75, 3.05) is 26.2 Å². The number of aliphatic carboxylic acids is 1. The molecule has 0 bridgehead atoms. The zero-order chi connectivity index (χ0) is 20.8. The van der Waals surface area contributed by atoms with E-state index in [1.54, 1.807) is 19.4 Å². The van der Waals surface area contributed by atoms with Gasteiger partial charge in [-0.1, -0.05) is 52.3 Å². The van der Waals surface area contributed by atoms with Crippen LogP contribution in [0.4, 0.5) is 0 Å². The van der Waals surface area contributed by atoms with Gasteiger partial charge in [-0.15, -0.1) is 0 Å². The molecule has 0 aromatic heterocycles. The molecule has 1 unspecified atom stereocenters. The van der Waals surface area contributed by atoms with Gasteiger partial charge in [0.05, 0.1) is 26.1 Å². The second-order valence-electron chi connectivity index (χ2n) is 6.41. The second kappa shape index (κ2) is 14.7. The van der Waals surface area contributed by atoms with Gasteiger partial charge in [-0.3, -0.25) is 14.8 Å². The van der Waals surface area contributed by atoms with Crippen molar-refractivity contribution in [3.63, 3.8) is 0 Å². The summed E-state index contributed by atoms with van der Waals surface area (Å²) >= 11 is 0. The third-order valence-electron chi connectivity index (χ3n) is 2.98. The molecule has 1 amide bonds. The van der Waals surface area contributed by atoms with E-state index in [9.17, 15) is 19.4 Å². The molecule has 3 N–H and O–H groups in total. The number of rotatable bonds is 11. The van der Waals surface area contributed by atoms with Crippen molar-refractivity contribution < 1.29 is 24.5 Å². The Hall–Kier alpha value is -1.43. The van der Waals surface area contributed by atoms with Crippen LogP contribution in [0.1, 0.15) is 46.5 Å². The molecule has 26 heavy (non-hydrogen) atoms. The van der Waals surface area contributed by atoms with Crippen LogP contribution in [0.2, 0.25) is 0 Å². The number of nitrogens with one attached hydrogen (secondary N) is 1. The maximum Gasteiger partial charge on any atom is 0.305 e. The number of unbranched alkanes of at least 4 members (excludes halogenated alkanes) is 1. The molecule has 0 saturated heterocycles. The average Bonchev–Trinajstić information content (AvgIpc) is 2.52. The predicted octanol–water partition coefficient (Wildman–Crippen LogP) is 3.55. The van der Waals surface area contributed by atoms with Gasteiger partial charge in [-0.2, -0.15) is 0 Å². The lowest BCUT2D eigenvalue weighted by atomic mass is 10.0. The third-order valence-corrected chi connectivity index (χ3v) is 3.96. The highest BCUT2D eigenvalue weighted by atomic mass is 31.2. The van der Waals surface area contributed by atoms with E-state index < -0.39 is 31.5 Å². The molecule has 7 nitrogen and oxygen atoms in total. The van der Waals surface area contributed by atoms with Crippen LogP contribution in [0, 0.1) is 0 Å². The molecule has 0 rings (SSSR count). The molecular weight excluding hydrogens is 355 g/mol. The van der Waals surface area contributed by atoms with Crippen LogP contribution < -0.4 is 5.32 Å². The number of nitrogens with zero attached hydrogens (tertiary/aromatic N) is 1. The molecule has 0 spiro atoms. The van der Waals surface area contributed by atoms with E-state index >= 15 is 0 Å². The van der Waals surface area contributed by atoms with Crippen LogP contribution >= 0.6 is 7.14 Å². The van der Waals surface area contributed by atoms with Crippen LogP contribution in [-0.4, -0.2) is 59.5 Å². The summed E-state index contributed by atoms with van der Waals surface area (Å²) < 4.78 is 11.6. The number of hydrogen-bond donors (Lipinski definition) is 3. The number of amides is 1. The van der Waals surface area contributed by atoms with Crippen LogP contribution in [0.3, 0.4) is 0 Å². The topological polar surface area (TPSA) is 107 Å². The lowest BCUT2D eigenvalue weighted by molar-refractivity contribution is -0.173. The van der Waals surface area contributed by atoms with E-state index in [0.717, 1.165) is 6.42 Å². The fourth-order valence-electron chi connectivity index (χ4n) is 1.86. The minimum Gasteiger partial charge on any atom is -0.481 e. The second-order valence-corrected chi connectivity index (χ2v) is 9.88. The lowest BCUT2D eigenvalue weighted by Gasteiger charge is -2.26. The van der Waals surface area contributed by atoms with Gasteiger partial charge < -0.3 is 15.0 Å². The van der Waals surface area contributed by atoms with E-state index in [0.29, 0.717) is 17.1 Å². The summed E-state index contributed by atoms with van der Waals surface area (Å²) in [5.41, 5.74) is 0.488. The van der Waals surface area contributed by atoms with Crippen LogP contribution in [0.5, 0.6) is 0 Å². The number of carbonyl (C=O) groups excluding carboxylic acids is 1. The first kappa shape index (κ1) is 26.8.